The summed E-state index contributed by atoms with van der Waals surface area (Å²) in [5.41, 5.74) is 7.14. The molecule has 23 heavy (non-hydrogen) atoms. The zero-order valence-corrected chi connectivity index (χ0v) is 13.1. The Hall–Kier alpha value is -2.95. The van der Waals surface area contributed by atoms with E-state index < -0.39 is 0 Å². The fourth-order valence-electron chi connectivity index (χ4n) is 2.86. The van der Waals surface area contributed by atoms with Gasteiger partial charge in [0.05, 0.1) is 34.9 Å². The molecule has 0 fully saturated rings. The number of aromatic amines is 1. The first kappa shape index (κ1) is 13.7. The minimum atomic E-state index is 0.900. The van der Waals surface area contributed by atoms with E-state index in [1.807, 2.05) is 37.6 Å². The monoisotopic (exact) mass is 303 g/mol. The van der Waals surface area contributed by atoms with Crippen LogP contribution in [0.15, 0.2) is 48.9 Å². The first-order valence-electron chi connectivity index (χ1n) is 7.69. The highest BCUT2D eigenvalue weighted by atomic mass is 15.1. The molecule has 0 amide bonds. The quantitative estimate of drug-likeness (QED) is 0.626. The summed E-state index contributed by atoms with van der Waals surface area (Å²) in [6.45, 7) is 5.01. The largest absolute Gasteiger partial charge is 0.331 e. The third-order valence-electron chi connectivity index (χ3n) is 4.06. The van der Waals surface area contributed by atoms with Crippen LogP contribution in [-0.4, -0.2) is 24.7 Å². The smallest absolute Gasteiger partial charge is 0.0958 e. The van der Waals surface area contributed by atoms with Crippen LogP contribution in [0.3, 0.4) is 0 Å². The summed E-state index contributed by atoms with van der Waals surface area (Å²) in [6, 6.07) is 12.3. The van der Waals surface area contributed by atoms with Crippen LogP contribution in [0.4, 0.5) is 0 Å². The second-order valence-corrected chi connectivity index (χ2v) is 5.56. The van der Waals surface area contributed by atoms with Gasteiger partial charge in [-0.1, -0.05) is 12.1 Å². The van der Waals surface area contributed by atoms with Crippen molar-refractivity contribution in [3.05, 3.63) is 54.6 Å². The molecule has 0 atom stereocenters. The van der Waals surface area contributed by atoms with Gasteiger partial charge in [0.15, 0.2) is 0 Å². The number of imidazole rings is 1. The van der Waals surface area contributed by atoms with Crippen molar-refractivity contribution in [3.63, 3.8) is 0 Å². The summed E-state index contributed by atoms with van der Waals surface area (Å²) in [7, 11) is 0. The lowest BCUT2D eigenvalue weighted by Crippen LogP contribution is -1.91. The maximum Gasteiger partial charge on any atom is 0.0958 e. The van der Waals surface area contributed by atoms with Crippen molar-refractivity contribution in [1.29, 1.82) is 0 Å². The molecule has 4 aromatic rings. The fourth-order valence-corrected chi connectivity index (χ4v) is 2.86. The first-order valence-corrected chi connectivity index (χ1v) is 7.69. The van der Waals surface area contributed by atoms with Crippen molar-refractivity contribution in [2.75, 3.05) is 0 Å². The van der Waals surface area contributed by atoms with Gasteiger partial charge < -0.3 is 4.57 Å². The van der Waals surface area contributed by atoms with E-state index in [1.54, 1.807) is 0 Å². The second-order valence-electron chi connectivity index (χ2n) is 5.56. The number of H-pyrrole nitrogens is 1. The molecular formula is C18H17N5. The van der Waals surface area contributed by atoms with E-state index in [9.17, 15) is 0 Å². The van der Waals surface area contributed by atoms with Crippen molar-refractivity contribution in [2.45, 2.75) is 20.4 Å². The summed E-state index contributed by atoms with van der Waals surface area (Å²) < 4.78 is 2.14. The lowest BCUT2D eigenvalue weighted by molar-refractivity contribution is 0.787. The Morgan fingerprint density at radius 1 is 1.17 bits per heavy atom. The van der Waals surface area contributed by atoms with Crippen molar-refractivity contribution in [3.8, 4) is 22.5 Å². The van der Waals surface area contributed by atoms with Gasteiger partial charge in [-0.05, 0) is 43.7 Å². The van der Waals surface area contributed by atoms with Crippen molar-refractivity contribution in [1.82, 2.24) is 24.7 Å². The molecule has 114 valence electrons. The highest BCUT2D eigenvalue weighted by molar-refractivity contribution is 5.86. The summed E-state index contributed by atoms with van der Waals surface area (Å²) in [6.07, 6.45) is 3.74. The molecule has 0 radical (unpaired) electrons. The molecule has 0 saturated carbocycles. The van der Waals surface area contributed by atoms with Crippen molar-refractivity contribution < 1.29 is 0 Å². The Kier molecular flexibility index (Phi) is 3.19. The second kappa shape index (κ2) is 5.35. The molecule has 0 bridgehead atoms. The topological polar surface area (TPSA) is 59.4 Å². The molecule has 3 heterocycles. The van der Waals surface area contributed by atoms with Crippen molar-refractivity contribution >= 4 is 11.0 Å². The number of aromatic nitrogens is 5. The Labute approximate surface area is 134 Å². The molecule has 1 N–H and O–H groups in total. The minimum absolute atomic E-state index is 0.900. The number of aryl methyl sites for hydroxylation is 2. The zero-order chi connectivity index (χ0) is 15.8. The molecule has 0 saturated heterocycles. The SMILES string of the molecule is CCn1cnc2ccc(-c3cn[nH]c3-c3cccc(C)n3)cc21. The number of hydrogen-bond acceptors (Lipinski definition) is 3. The van der Waals surface area contributed by atoms with Gasteiger partial charge >= 0.3 is 0 Å². The van der Waals surface area contributed by atoms with Crippen molar-refractivity contribution in [2.24, 2.45) is 0 Å². The maximum atomic E-state index is 4.60. The van der Waals surface area contributed by atoms with Crippen LogP contribution in [0.5, 0.6) is 0 Å². The molecular weight excluding hydrogens is 286 g/mol. The van der Waals surface area contributed by atoms with Gasteiger partial charge in [0.1, 0.15) is 0 Å². The van der Waals surface area contributed by atoms with Gasteiger partial charge in [-0.3, -0.25) is 10.1 Å². The minimum Gasteiger partial charge on any atom is -0.331 e. The number of fused-ring (bicyclic) bond motifs is 1. The summed E-state index contributed by atoms with van der Waals surface area (Å²) in [5, 5.41) is 7.31. The summed E-state index contributed by atoms with van der Waals surface area (Å²) in [5.74, 6) is 0. The third-order valence-corrected chi connectivity index (χ3v) is 4.06. The maximum absolute atomic E-state index is 4.60. The van der Waals surface area contributed by atoms with Crippen LogP contribution < -0.4 is 0 Å². The van der Waals surface area contributed by atoms with Crippen LogP contribution >= 0.6 is 0 Å². The Morgan fingerprint density at radius 2 is 2.09 bits per heavy atom. The van der Waals surface area contributed by atoms with Crippen LogP contribution in [-0.2, 0) is 6.54 Å². The average molecular weight is 303 g/mol. The molecule has 1 aromatic carbocycles. The van der Waals surface area contributed by atoms with Gasteiger partial charge in [0.25, 0.3) is 0 Å². The van der Waals surface area contributed by atoms with Gasteiger partial charge in [0, 0.05) is 17.8 Å². The summed E-state index contributed by atoms with van der Waals surface area (Å²) >= 11 is 0. The molecule has 5 heteroatoms. The lowest BCUT2D eigenvalue weighted by Gasteiger charge is -2.05. The molecule has 4 rings (SSSR count). The lowest BCUT2D eigenvalue weighted by atomic mass is 10.0. The van der Waals surface area contributed by atoms with Gasteiger partial charge in [-0.25, -0.2) is 4.98 Å². The van der Waals surface area contributed by atoms with E-state index in [1.165, 1.54) is 0 Å². The highest BCUT2D eigenvalue weighted by Crippen LogP contribution is 2.31. The normalized spacial score (nSPS) is 11.2. The number of pyridine rings is 1. The van der Waals surface area contributed by atoms with E-state index >= 15 is 0 Å². The number of nitrogens with one attached hydrogen (secondary N) is 1. The van der Waals surface area contributed by atoms with E-state index in [0.29, 0.717) is 0 Å². The Bertz CT molecular complexity index is 980. The van der Waals surface area contributed by atoms with Crippen LogP contribution in [0.2, 0.25) is 0 Å². The molecule has 0 aliphatic rings. The first-order chi connectivity index (χ1) is 11.3. The van der Waals surface area contributed by atoms with Gasteiger partial charge in [-0.15, -0.1) is 0 Å². The predicted octanol–water partition coefficient (Wildman–Crippen LogP) is 3.82. The highest BCUT2D eigenvalue weighted by Gasteiger charge is 2.12. The number of nitrogens with zero attached hydrogens (tertiary/aromatic N) is 4. The molecule has 0 aliphatic carbocycles. The Morgan fingerprint density at radius 3 is 2.91 bits per heavy atom. The van der Waals surface area contributed by atoms with Gasteiger partial charge in [0.2, 0.25) is 0 Å². The van der Waals surface area contributed by atoms with E-state index in [-0.39, 0.29) is 0 Å². The van der Waals surface area contributed by atoms with Gasteiger partial charge in [-0.2, -0.15) is 5.10 Å². The average Bonchev–Trinajstić information content (AvgIpc) is 3.21. The third kappa shape index (κ3) is 2.30. The zero-order valence-electron chi connectivity index (χ0n) is 13.1. The number of benzene rings is 1. The molecule has 0 spiro atoms. The Balaban J connectivity index is 1.87. The standard InChI is InChI=1S/C18H17N5/c1-3-23-11-19-15-8-7-13(9-17(15)23)14-10-20-22-18(14)16-6-4-5-12(2)21-16/h4-11H,3H2,1-2H3,(H,20,22). The molecule has 3 aromatic heterocycles. The van der Waals surface area contributed by atoms with Crippen LogP contribution in [0, 0.1) is 6.92 Å². The molecule has 0 aliphatic heterocycles. The summed E-state index contributed by atoms with van der Waals surface area (Å²) in [4.78, 5) is 9.03. The fraction of sp³-hybridized carbons (Fsp3) is 0.167. The van der Waals surface area contributed by atoms with E-state index in [0.717, 1.165) is 45.8 Å². The molecule has 0 unspecified atom stereocenters. The number of hydrogen-bond donors (Lipinski definition) is 1. The number of rotatable bonds is 3. The van der Waals surface area contributed by atoms with Crippen LogP contribution in [0.1, 0.15) is 12.6 Å². The van der Waals surface area contributed by atoms with E-state index in [4.69, 9.17) is 0 Å². The van der Waals surface area contributed by atoms with E-state index in [2.05, 4.69) is 49.9 Å². The van der Waals surface area contributed by atoms with Crippen LogP contribution in [0.25, 0.3) is 33.5 Å². The molecule has 5 nitrogen and oxygen atoms in total. The predicted molar refractivity (Wildman–Crippen MR) is 91.0 cm³/mol.